The van der Waals surface area contributed by atoms with E-state index in [2.05, 4.69) is 16.0 Å². The average molecular weight is 466 g/mol. The van der Waals surface area contributed by atoms with Crippen LogP contribution in [0.15, 0.2) is 30.3 Å². The standard InChI is InChI=1S/C20H26N4O9/c21-10-15(25)22-13(9-17(28)29)19(31)23-12(6-7-16(26)27)18(30)24-14(20(32)33)8-11-4-2-1-3-5-11/h1-5,12-14H,6-10,21H2,(H,22,25)(H,23,31)(H,24,30)(H,26,27)(H,28,29)(H,32,33). The topological polar surface area (TPSA) is 225 Å². The summed E-state index contributed by atoms with van der Waals surface area (Å²) in [6, 6.07) is 3.94. The van der Waals surface area contributed by atoms with Crippen LogP contribution in [0.5, 0.6) is 0 Å². The van der Waals surface area contributed by atoms with Crippen LogP contribution >= 0.6 is 0 Å². The van der Waals surface area contributed by atoms with Gasteiger partial charge >= 0.3 is 17.9 Å². The molecule has 0 aliphatic carbocycles. The SMILES string of the molecule is NCC(=O)NC(CC(=O)O)C(=O)NC(CCC(=O)O)C(=O)NC(Cc1ccccc1)C(=O)O. The van der Waals surface area contributed by atoms with Crippen molar-refractivity contribution in [3.05, 3.63) is 35.9 Å². The summed E-state index contributed by atoms with van der Waals surface area (Å²) in [6.45, 7) is -0.522. The van der Waals surface area contributed by atoms with Gasteiger partial charge in [-0.3, -0.25) is 24.0 Å². The van der Waals surface area contributed by atoms with Crippen LogP contribution in [-0.4, -0.2) is 75.6 Å². The quantitative estimate of drug-likeness (QED) is 0.161. The minimum absolute atomic E-state index is 0.0737. The monoisotopic (exact) mass is 466 g/mol. The first-order valence-corrected chi connectivity index (χ1v) is 9.84. The smallest absolute Gasteiger partial charge is 0.326 e. The summed E-state index contributed by atoms with van der Waals surface area (Å²) in [6.07, 6.45) is -1.85. The fourth-order valence-electron chi connectivity index (χ4n) is 2.77. The molecule has 0 aliphatic rings. The number of aliphatic carboxylic acids is 3. The van der Waals surface area contributed by atoms with Crippen molar-refractivity contribution in [1.82, 2.24) is 16.0 Å². The lowest BCUT2D eigenvalue weighted by molar-refractivity contribution is -0.143. The van der Waals surface area contributed by atoms with Crippen molar-refractivity contribution in [2.45, 2.75) is 43.8 Å². The van der Waals surface area contributed by atoms with Gasteiger partial charge in [0.2, 0.25) is 17.7 Å². The molecule has 1 rings (SSSR count). The van der Waals surface area contributed by atoms with Crippen LogP contribution in [0.4, 0.5) is 0 Å². The Labute approximate surface area is 188 Å². The summed E-state index contributed by atoms with van der Waals surface area (Å²) in [4.78, 5) is 70.3. The van der Waals surface area contributed by atoms with Crippen LogP contribution in [0.2, 0.25) is 0 Å². The van der Waals surface area contributed by atoms with Gasteiger partial charge in [-0.25, -0.2) is 4.79 Å². The zero-order valence-electron chi connectivity index (χ0n) is 17.5. The molecule has 0 fully saturated rings. The molecule has 0 spiro atoms. The Kier molecular flexibility index (Phi) is 11.0. The minimum Gasteiger partial charge on any atom is -0.481 e. The molecule has 0 radical (unpaired) electrons. The lowest BCUT2D eigenvalue weighted by Crippen LogP contribution is -2.56. The molecule has 3 unspecified atom stereocenters. The van der Waals surface area contributed by atoms with Crippen molar-refractivity contribution in [3.63, 3.8) is 0 Å². The van der Waals surface area contributed by atoms with Gasteiger partial charge in [0, 0.05) is 12.8 Å². The number of amides is 3. The molecule has 0 saturated carbocycles. The number of carbonyl (C=O) groups is 6. The lowest BCUT2D eigenvalue weighted by atomic mass is 10.0. The second-order valence-corrected chi connectivity index (χ2v) is 7.00. The summed E-state index contributed by atoms with van der Waals surface area (Å²) in [5, 5.41) is 33.9. The van der Waals surface area contributed by atoms with Gasteiger partial charge in [-0.2, -0.15) is 0 Å². The van der Waals surface area contributed by atoms with E-state index < -0.39 is 79.6 Å². The van der Waals surface area contributed by atoms with Gasteiger partial charge in [0.15, 0.2) is 0 Å². The molecule has 180 valence electrons. The number of hydrogen-bond acceptors (Lipinski definition) is 7. The molecule has 0 heterocycles. The van der Waals surface area contributed by atoms with E-state index in [0.29, 0.717) is 5.56 Å². The van der Waals surface area contributed by atoms with Crippen molar-refractivity contribution < 1.29 is 44.1 Å². The van der Waals surface area contributed by atoms with E-state index in [-0.39, 0.29) is 6.42 Å². The van der Waals surface area contributed by atoms with Crippen LogP contribution in [0.25, 0.3) is 0 Å². The van der Waals surface area contributed by atoms with E-state index in [1.54, 1.807) is 30.3 Å². The number of carbonyl (C=O) groups excluding carboxylic acids is 3. The first-order chi connectivity index (χ1) is 15.5. The Morgan fingerprint density at radius 2 is 1.36 bits per heavy atom. The highest BCUT2D eigenvalue weighted by Crippen LogP contribution is 2.06. The molecule has 3 atom stereocenters. The number of rotatable bonds is 14. The van der Waals surface area contributed by atoms with Crippen LogP contribution in [0.1, 0.15) is 24.8 Å². The van der Waals surface area contributed by atoms with Gasteiger partial charge in [-0.15, -0.1) is 0 Å². The molecule has 8 N–H and O–H groups in total. The summed E-state index contributed by atoms with van der Waals surface area (Å²) >= 11 is 0. The minimum atomic E-state index is -1.58. The van der Waals surface area contributed by atoms with Gasteiger partial charge < -0.3 is 37.0 Å². The summed E-state index contributed by atoms with van der Waals surface area (Å²) in [5.74, 6) is -6.93. The predicted octanol–water partition coefficient (Wildman–Crippen LogP) is -1.93. The molecule has 0 aliphatic heterocycles. The summed E-state index contributed by atoms with van der Waals surface area (Å²) in [5.41, 5.74) is 5.77. The second-order valence-electron chi connectivity index (χ2n) is 7.00. The Morgan fingerprint density at radius 3 is 1.88 bits per heavy atom. The van der Waals surface area contributed by atoms with Crippen LogP contribution in [0.3, 0.4) is 0 Å². The fourth-order valence-corrected chi connectivity index (χ4v) is 2.77. The van der Waals surface area contributed by atoms with Gasteiger partial charge in [-0.05, 0) is 12.0 Å². The van der Waals surface area contributed by atoms with Gasteiger partial charge in [0.25, 0.3) is 0 Å². The number of nitrogens with two attached hydrogens (primary N) is 1. The van der Waals surface area contributed by atoms with E-state index >= 15 is 0 Å². The maximum Gasteiger partial charge on any atom is 0.326 e. The van der Waals surface area contributed by atoms with Crippen molar-refractivity contribution in [1.29, 1.82) is 0 Å². The molecular weight excluding hydrogens is 440 g/mol. The number of carboxylic acids is 3. The molecule has 33 heavy (non-hydrogen) atoms. The first-order valence-electron chi connectivity index (χ1n) is 9.84. The van der Waals surface area contributed by atoms with Crippen molar-refractivity contribution in [3.8, 4) is 0 Å². The molecule has 1 aromatic carbocycles. The Bertz CT molecular complexity index is 876. The predicted molar refractivity (Wildman–Crippen MR) is 112 cm³/mol. The molecule has 3 amide bonds. The molecule has 0 saturated heterocycles. The second kappa shape index (κ2) is 13.4. The number of carboxylic acid groups (broad SMARTS) is 3. The van der Waals surface area contributed by atoms with Crippen molar-refractivity contribution in [2.75, 3.05) is 6.54 Å². The van der Waals surface area contributed by atoms with E-state index in [9.17, 15) is 33.9 Å². The third kappa shape index (κ3) is 10.2. The van der Waals surface area contributed by atoms with Crippen LogP contribution in [0, 0.1) is 0 Å². The zero-order valence-corrected chi connectivity index (χ0v) is 17.5. The number of benzene rings is 1. The van der Waals surface area contributed by atoms with Crippen LogP contribution in [-0.2, 0) is 35.2 Å². The Hall–Kier alpha value is -4.00. The van der Waals surface area contributed by atoms with Crippen LogP contribution < -0.4 is 21.7 Å². The molecule has 13 heteroatoms. The van der Waals surface area contributed by atoms with E-state index in [1.165, 1.54) is 0 Å². The molecule has 0 aromatic heterocycles. The zero-order chi connectivity index (χ0) is 25.0. The summed E-state index contributed by atoms with van der Waals surface area (Å²) < 4.78 is 0. The summed E-state index contributed by atoms with van der Waals surface area (Å²) in [7, 11) is 0. The molecule has 1 aromatic rings. The Morgan fingerprint density at radius 1 is 0.788 bits per heavy atom. The highest BCUT2D eigenvalue weighted by Gasteiger charge is 2.30. The van der Waals surface area contributed by atoms with Crippen molar-refractivity contribution >= 4 is 35.6 Å². The maximum atomic E-state index is 12.7. The Balaban J connectivity index is 3.00. The normalized spacial score (nSPS) is 13.1. The van der Waals surface area contributed by atoms with E-state index in [0.717, 1.165) is 0 Å². The first kappa shape index (κ1) is 27.0. The van der Waals surface area contributed by atoms with Crippen molar-refractivity contribution in [2.24, 2.45) is 5.73 Å². The van der Waals surface area contributed by atoms with Gasteiger partial charge in [0.05, 0.1) is 13.0 Å². The highest BCUT2D eigenvalue weighted by atomic mass is 16.4. The fraction of sp³-hybridized carbons (Fsp3) is 0.400. The largest absolute Gasteiger partial charge is 0.481 e. The van der Waals surface area contributed by atoms with Gasteiger partial charge in [0.1, 0.15) is 18.1 Å². The molecule has 13 nitrogen and oxygen atoms in total. The number of nitrogens with one attached hydrogen (secondary N) is 3. The molecule has 0 bridgehead atoms. The number of hydrogen-bond donors (Lipinski definition) is 7. The average Bonchev–Trinajstić information content (AvgIpc) is 2.75. The van der Waals surface area contributed by atoms with E-state index in [1.807, 2.05) is 0 Å². The highest BCUT2D eigenvalue weighted by molar-refractivity contribution is 5.95. The maximum absolute atomic E-state index is 12.7. The lowest BCUT2D eigenvalue weighted by Gasteiger charge is -2.23. The third-order valence-corrected chi connectivity index (χ3v) is 4.39. The van der Waals surface area contributed by atoms with E-state index in [4.69, 9.17) is 15.9 Å². The van der Waals surface area contributed by atoms with Gasteiger partial charge in [-0.1, -0.05) is 30.3 Å². The third-order valence-electron chi connectivity index (χ3n) is 4.39. The molecular formula is C20H26N4O9.